The van der Waals surface area contributed by atoms with Crippen molar-refractivity contribution in [2.24, 2.45) is 0 Å². The molecule has 5 nitrogen and oxygen atoms in total. The third-order valence-corrected chi connectivity index (χ3v) is 2.55. The van der Waals surface area contributed by atoms with Gasteiger partial charge in [0.2, 0.25) is 0 Å². The molecule has 2 rings (SSSR count). The van der Waals surface area contributed by atoms with Crippen LogP contribution in [0.5, 0.6) is 5.75 Å². The average molecular weight is 275 g/mol. The predicted octanol–water partition coefficient (Wildman–Crippen LogP) is 2.45. The predicted molar refractivity (Wildman–Crippen MR) is 74.2 cm³/mol. The van der Waals surface area contributed by atoms with Crippen molar-refractivity contribution in [2.75, 3.05) is 17.7 Å². The van der Waals surface area contributed by atoms with E-state index in [0.29, 0.717) is 18.0 Å². The van der Waals surface area contributed by atoms with Crippen molar-refractivity contribution < 1.29 is 13.9 Å². The largest absolute Gasteiger partial charge is 0.493 e. The lowest BCUT2D eigenvalue weighted by molar-refractivity contribution is 0.102. The van der Waals surface area contributed by atoms with Gasteiger partial charge in [0.25, 0.3) is 5.91 Å². The molecule has 0 atom stereocenters. The molecular formula is C14H14FN3O2. The summed E-state index contributed by atoms with van der Waals surface area (Å²) in [5.74, 6) is -0.294. The van der Waals surface area contributed by atoms with E-state index in [-0.39, 0.29) is 11.4 Å². The topological polar surface area (TPSA) is 77.2 Å². The van der Waals surface area contributed by atoms with Gasteiger partial charge in [0.1, 0.15) is 22.9 Å². The van der Waals surface area contributed by atoms with Gasteiger partial charge in [-0.1, -0.05) is 6.07 Å². The number of nitrogens with zero attached hydrogens (tertiary/aromatic N) is 1. The summed E-state index contributed by atoms with van der Waals surface area (Å²) in [6, 6.07) is 7.54. The van der Waals surface area contributed by atoms with Gasteiger partial charge >= 0.3 is 0 Å². The molecule has 1 heterocycles. The Balaban J connectivity index is 2.26. The van der Waals surface area contributed by atoms with E-state index in [4.69, 9.17) is 10.5 Å². The Morgan fingerprint density at radius 2 is 2.20 bits per heavy atom. The molecule has 2 aromatic rings. The van der Waals surface area contributed by atoms with Crippen LogP contribution in [0, 0.1) is 5.82 Å². The number of carbonyl (C=O) groups is 1. The van der Waals surface area contributed by atoms with E-state index in [1.165, 1.54) is 12.1 Å². The summed E-state index contributed by atoms with van der Waals surface area (Å²) >= 11 is 0. The first kappa shape index (κ1) is 13.8. The molecule has 0 radical (unpaired) electrons. The molecule has 0 saturated carbocycles. The van der Waals surface area contributed by atoms with Gasteiger partial charge in [-0.3, -0.25) is 4.79 Å². The smallest absolute Gasteiger partial charge is 0.262 e. The summed E-state index contributed by atoms with van der Waals surface area (Å²) < 4.78 is 18.1. The summed E-state index contributed by atoms with van der Waals surface area (Å²) in [6.07, 6.45) is 1.02. The molecule has 6 heteroatoms. The van der Waals surface area contributed by atoms with Crippen molar-refractivity contribution in [2.45, 2.75) is 6.92 Å². The number of carbonyl (C=O) groups excluding carboxylic acids is 1. The Morgan fingerprint density at radius 1 is 1.40 bits per heavy atom. The maximum Gasteiger partial charge on any atom is 0.262 e. The van der Waals surface area contributed by atoms with Crippen molar-refractivity contribution >= 4 is 17.4 Å². The highest BCUT2D eigenvalue weighted by Gasteiger charge is 2.16. The minimum absolute atomic E-state index is 0.237. The number of pyridine rings is 1. The van der Waals surface area contributed by atoms with Gasteiger partial charge in [-0.05, 0) is 31.2 Å². The van der Waals surface area contributed by atoms with Crippen LogP contribution in [0.1, 0.15) is 17.3 Å². The van der Waals surface area contributed by atoms with Crippen LogP contribution in [0.25, 0.3) is 0 Å². The van der Waals surface area contributed by atoms with Crippen molar-refractivity contribution in [1.82, 2.24) is 4.98 Å². The Labute approximate surface area is 115 Å². The lowest BCUT2D eigenvalue weighted by atomic mass is 10.1. The van der Waals surface area contributed by atoms with Gasteiger partial charge in [-0.2, -0.15) is 0 Å². The molecule has 0 saturated heterocycles. The number of aromatic nitrogens is 1. The fraction of sp³-hybridized carbons (Fsp3) is 0.143. The van der Waals surface area contributed by atoms with Crippen LogP contribution in [-0.2, 0) is 0 Å². The third-order valence-electron chi connectivity index (χ3n) is 2.55. The van der Waals surface area contributed by atoms with E-state index >= 15 is 0 Å². The third kappa shape index (κ3) is 3.03. The Hall–Kier alpha value is -2.63. The van der Waals surface area contributed by atoms with Crippen molar-refractivity contribution in [3.63, 3.8) is 0 Å². The molecule has 3 N–H and O–H groups in total. The van der Waals surface area contributed by atoms with Crippen LogP contribution in [0.15, 0.2) is 36.5 Å². The summed E-state index contributed by atoms with van der Waals surface area (Å²) in [5.41, 5.74) is 6.35. The number of hydrogen-bond donors (Lipinski definition) is 2. The standard InChI is InChI=1S/C14H14FN3O2/c1-2-20-11-5-3-4-10(16)13(11)14(19)18-12-7-6-9(15)8-17-12/h3-8H,2,16H2,1H3,(H,17,18,19). The Morgan fingerprint density at radius 3 is 2.85 bits per heavy atom. The molecule has 0 aliphatic heterocycles. The van der Waals surface area contributed by atoms with E-state index in [1.54, 1.807) is 18.2 Å². The van der Waals surface area contributed by atoms with Crippen LogP contribution in [0.4, 0.5) is 15.9 Å². The molecule has 0 aliphatic carbocycles. The zero-order valence-corrected chi connectivity index (χ0v) is 10.9. The summed E-state index contributed by atoms with van der Waals surface area (Å²) in [6.45, 7) is 2.23. The molecule has 20 heavy (non-hydrogen) atoms. The summed E-state index contributed by atoms with van der Waals surface area (Å²) in [4.78, 5) is 16.0. The maximum absolute atomic E-state index is 12.8. The molecule has 104 valence electrons. The normalized spacial score (nSPS) is 10.1. The number of hydrogen-bond acceptors (Lipinski definition) is 4. The van der Waals surface area contributed by atoms with E-state index in [2.05, 4.69) is 10.3 Å². The van der Waals surface area contributed by atoms with Gasteiger partial charge in [-0.25, -0.2) is 9.37 Å². The number of benzene rings is 1. The summed E-state index contributed by atoms with van der Waals surface area (Å²) in [5, 5.41) is 2.55. The van der Waals surface area contributed by atoms with Crippen LogP contribution < -0.4 is 15.8 Å². The van der Waals surface area contributed by atoms with Gasteiger partial charge < -0.3 is 15.8 Å². The zero-order valence-electron chi connectivity index (χ0n) is 10.9. The van der Waals surface area contributed by atoms with Crippen molar-refractivity contribution in [1.29, 1.82) is 0 Å². The fourth-order valence-corrected chi connectivity index (χ4v) is 1.70. The highest BCUT2D eigenvalue weighted by Crippen LogP contribution is 2.25. The highest BCUT2D eigenvalue weighted by molar-refractivity contribution is 6.09. The van der Waals surface area contributed by atoms with Crippen LogP contribution in [0.2, 0.25) is 0 Å². The number of rotatable bonds is 4. The first-order valence-corrected chi connectivity index (χ1v) is 6.06. The number of halogens is 1. The molecule has 0 spiro atoms. The number of amides is 1. The SMILES string of the molecule is CCOc1cccc(N)c1C(=O)Nc1ccc(F)cn1. The van der Waals surface area contributed by atoms with E-state index in [0.717, 1.165) is 6.20 Å². The molecule has 0 fully saturated rings. The number of nitrogen functional groups attached to an aromatic ring is 1. The minimum atomic E-state index is -0.475. The molecule has 1 aromatic heterocycles. The molecule has 0 bridgehead atoms. The maximum atomic E-state index is 12.8. The molecule has 0 unspecified atom stereocenters. The monoisotopic (exact) mass is 275 g/mol. The van der Waals surface area contributed by atoms with Gasteiger partial charge in [0.05, 0.1) is 12.8 Å². The molecule has 0 aliphatic rings. The molecule has 1 amide bonds. The second-order valence-corrected chi connectivity index (χ2v) is 3.97. The molecule has 1 aromatic carbocycles. The van der Waals surface area contributed by atoms with Crippen molar-refractivity contribution in [3.05, 3.63) is 47.9 Å². The second kappa shape index (κ2) is 6.01. The fourth-order valence-electron chi connectivity index (χ4n) is 1.70. The first-order chi connectivity index (χ1) is 9.61. The Kier molecular flexibility index (Phi) is 4.14. The van der Waals surface area contributed by atoms with Gasteiger partial charge in [0, 0.05) is 5.69 Å². The van der Waals surface area contributed by atoms with Crippen LogP contribution in [-0.4, -0.2) is 17.5 Å². The van der Waals surface area contributed by atoms with Crippen LogP contribution in [0.3, 0.4) is 0 Å². The van der Waals surface area contributed by atoms with Gasteiger partial charge in [-0.15, -0.1) is 0 Å². The highest BCUT2D eigenvalue weighted by atomic mass is 19.1. The zero-order chi connectivity index (χ0) is 14.5. The van der Waals surface area contributed by atoms with E-state index < -0.39 is 11.7 Å². The minimum Gasteiger partial charge on any atom is -0.493 e. The number of ether oxygens (including phenoxy) is 1. The average Bonchev–Trinajstić information content (AvgIpc) is 2.42. The lowest BCUT2D eigenvalue weighted by Crippen LogP contribution is -2.16. The lowest BCUT2D eigenvalue weighted by Gasteiger charge is -2.12. The number of nitrogens with one attached hydrogen (secondary N) is 1. The second-order valence-electron chi connectivity index (χ2n) is 3.97. The quantitative estimate of drug-likeness (QED) is 0.840. The van der Waals surface area contributed by atoms with Crippen LogP contribution >= 0.6 is 0 Å². The van der Waals surface area contributed by atoms with E-state index in [1.807, 2.05) is 6.92 Å². The van der Waals surface area contributed by atoms with E-state index in [9.17, 15) is 9.18 Å². The van der Waals surface area contributed by atoms with Gasteiger partial charge in [0.15, 0.2) is 0 Å². The Bertz CT molecular complexity index is 614. The summed E-state index contributed by atoms with van der Waals surface area (Å²) in [7, 11) is 0. The first-order valence-electron chi connectivity index (χ1n) is 6.06. The molecular weight excluding hydrogens is 261 g/mol. The number of nitrogens with two attached hydrogens (primary N) is 1. The van der Waals surface area contributed by atoms with Crippen molar-refractivity contribution in [3.8, 4) is 5.75 Å². The number of anilines is 2.